The van der Waals surface area contributed by atoms with E-state index in [0.29, 0.717) is 18.2 Å². The van der Waals surface area contributed by atoms with Crippen molar-refractivity contribution in [2.24, 2.45) is 0 Å². The molecule has 0 radical (unpaired) electrons. The second kappa shape index (κ2) is 8.32. The lowest BCUT2D eigenvalue weighted by atomic mass is 10.0. The molecular formula is C21H26FN3O. The summed E-state index contributed by atoms with van der Waals surface area (Å²) in [6.07, 6.45) is 0. The molecule has 2 aromatic rings. The molecule has 1 aliphatic rings. The van der Waals surface area contributed by atoms with E-state index in [2.05, 4.69) is 24.1 Å². The zero-order valence-electron chi connectivity index (χ0n) is 15.4. The van der Waals surface area contributed by atoms with E-state index >= 15 is 0 Å². The Kier molecular flexibility index (Phi) is 5.89. The van der Waals surface area contributed by atoms with Crippen LogP contribution in [0.1, 0.15) is 25.3 Å². The van der Waals surface area contributed by atoms with E-state index in [0.717, 1.165) is 31.9 Å². The van der Waals surface area contributed by atoms with Crippen LogP contribution >= 0.6 is 0 Å². The summed E-state index contributed by atoms with van der Waals surface area (Å²) in [6.45, 7) is 7.58. The van der Waals surface area contributed by atoms with Gasteiger partial charge in [-0.05, 0) is 35.7 Å². The number of rotatable bonds is 5. The van der Waals surface area contributed by atoms with Gasteiger partial charge in [0, 0.05) is 31.9 Å². The van der Waals surface area contributed by atoms with Crippen molar-refractivity contribution in [1.82, 2.24) is 4.90 Å². The lowest BCUT2D eigenvalue weighted by Crippen LogP contribution is -2.48. The van der Waals surface area contributed by atoms with Gasteiger partial charge in [-0.1, -0.05) is 38.1 Å². The number of carbonyl (C=O) groups excluding carboxylic acids is 1. The Hall–Kier alpha value is -2.40. The number of halogens is 1. The monoisotopic (exact) mass is 355 g/mol. The van der Waals surface area contributed by atoms with Gasteiger partial charge >= 0.3 is 0 Å². The molecule has 5 heteroatoms. The van der Waals surface area contributed by atoms with Crippen molar-refractivity contribution < 1.29 is 9.18 Å². The maximum Gasteiger partial charge on any atom is 0.238 e. The van der Waals surface area contributed by atoms with Gasteiger partial charge in [-0.25, -0.2) is 4.39 Å². The van der Waals surface area contributed by atoms with Crippen molar-refractivity contribution in [1.29, 1.82) is 0 Å². The molecule has 0 unspecified atom stereocenters. The summed E-state index contributed by atoms with van der Waals surface area (Å²) in [5, 5.41) is 2.95. The van der Waals surface area contributed by atoms with Crippen LogP contribution in [0.15, 0.2) is 48.5 Å². The third-order valence-corrected chi connectivity index (χ3v) is 4.79. The van der Waals surface area contributed by atoms with E-state index < -0.39 is 0 Å². The molecule has 26 heavy (non-hydrogen) atoms. The Balaban J connectivity index is 1.48. The number of anilines is 2. The van der Waals surface area contributed by atoms with E-state index in [9.17, 15) is 9.18 Å². The number of nitrogens with zero attached hydrogens (tertiary/aromatic N) is 2. The van der Waals surface area contributed by atoms with Crippen LogP contribution in [-0.4, -0.2) is 43.5 Å². The number of hydrogen-bond donors (Lipinski definition) is 1. The maximum absolute atomic E-state index is 13.9. The highest BCUT2D eigenvalue weighted by Gasteiger charge is 2.20. The third kappa shape index (κ3) is 4.61. The van der Waals surface area contributed by atoms with E-state index in [4.69, 9.17) is 0 Å². The first kappa shape index (κ1) is 18.4. The van der Waals surface area contributed by atoms with Crippen LogP contribution in [0.2, 0.25) is 0 Å². The van der Waals surface area contributed by atoms with Gasteiger partial charge in [0.15, 0.2) is 0 Å². The minimum absolute atomic E-state index is 0.0124. The van der Waals surface area contributed by atoms with Crippen molar-refractivity contribution in [2.45, 2.75) is 19.8 Å². The first-order valence-electron chi connectivity index (χ1n) is 9.14. The first-order chi connectivity index (χ1) is 12.5. The summed E-state index contributed by atoms with van der Waals surface area (Å²) in [4.78, 5) is 16.4. The van der Waals surface area contributed by atoms with E-state index in [-0.39, 0.29) is 11.7 Å². The summed E-state index contributed by atoms with van der Waals surface area (Å²) >= 11 is 0. The highest BCUT2D eigenvalue weighted by Crippen LogP contribution is 2.20. The molecule has 1 aliphatic heterocycles. The van der Waals surface area contributed by atoms with Crippen LogP contribution in [0.3, 0.4) is 0 Å². The lowest BCUT2D eigenvalue weighted by molar-refractivity contribution is -0.117. The number of piperazine rings is 1. The highest BCUT2D eigenvalue weighted by atomic mass is 19.1. The molecule has 1 heterocycles. The summed E-state index contributed by atoms with van der Waals surface area (Å²) in [5.41, 5.74) is 2.72. The third-order valence-electron chi connectivity index (χ3n) is 4.79. The van der Waals surface area contributed by atoms with Crippen LogP contribution in [0, 0.1) is 5.82 Å². The Morgan fingerprint density at radius 1 is 1.04 bits per heavy atom. The van der Waals surface area contributed by atoms with Crippen LogP contribution in [0.4, 0.5) is 15.8 Å². The number of hydrogen-bond acceptors (Lipinski definition) is 3. The number of amides is 1. The molecule has 1 N–H and O–H groups in total. The van der Waals surface area contributed by atoms with Gasteiger partial charge in [0.2, 0.25) is 5.91 Å². The van der Waals surface area contributed by atoms with Crippen molar-refractivity contribution >= 4 is 17.3 Å². The quantitative estimate of drug-likeness (QED) is 0.888. The largest absolute Gasteiger partial charge is 0.367 e. The van der Waals surface area contributed by atoms with Gasteiger partial charge in [-0.15, -0.1) is 0 Å². The van der Waals surface area contributed by atoms with E-state index in [1.54, 1.807) is 12.1 Å². The Labute approximate surface area is 154 Å². The van der Waals surface area contributed by atoms with Crippen molar-refractivity contribution in [2.75, 3.05) is 42.9 Å². The predicted molar refractivity (Wildman–Crippen MR) is 104 cm³/mol. The normalized spacial score (nSPS) is 15.3. The number of nitrogens with one attached hydrogen (secondary N) is 1. The van der Waals surface area contributed by atoms with Crippen molar-refractivity contribution in [3.05, 3.63) is 59.9 Å². The molecule has 1 saturated heterocycles. The summed E-state index contributed by atoms with van der Waals surface area (Å²) in [5.74, 6) is 0.274. The van der Waals surface area contributed by atoms with Crippen LogP contribution < -0.4 is 10.2 Å². The van der Waals surface area contributed by atoms with Gasteiger partial charge < -0.3 is 10.2 Å². The molecule has 2 aromatic carbocycles. The maximum atomic E-state index is 13.9. The summed E-state index contributed by atoms with van der Waals surface area (Å²) in [6, 6.07) is 14.8. The minimum atomic E-state index is -0.191. The molecule has 0 aliphatic carbocycles. The Morgan fingerprint density at radius 2 is 1.69 bits per heavy atom. The van der Waals surface area contributed by atoms with E-state index in [1.807, 2.05) is 35.2 Å². The topological polar surface area (TPSA) is 35.6 Å². The predicted octanol–water partition coefficient (Wildman–Crippen LogP) is 3.71. The fraction of sp³-hybridized carbons (Fsp3) is 0.381. The molecule has 0 atom stereocenters. The molecule has 0 spiro atoms. The van der Waals surface area contributed by atoms with Crippen LogP contribution in [0.5, 0.6) is 0 Å². The van der Waals surface area contributed by atoms with E-state index in [1.165, 1.54) is 11.6 Å². The number of para-hydroxylation sites is 1. The molecule has 1 fully saturated rings. The minimum Gasteiger partial charge on any atom is -0.367 e. The molecular weight excluding hydrogens is 329 g/mol. The average Bonchev–Trinajstić information content (AvgIpc) is 2.63. The second-order valence-electron chi connectivity index (χ2n) is 7.04. The number of carbonyl (C=O) groups is 1. The summed E-state index contributed by atoms with van der Waals surface area (Å²) in [7, 11) is 0. The fourth-order valence-corrected chi connectivity index (χ4v) is 3.21. The smallest absolute Gasteiger partial charge is 0.238 e. The zero-order chi connectivity index (χ0) is 18.5. The van der Waals surface area contributed by atoms with Gasteiger partial charge in [-0.3, -0.25) is 9.69 Å². The van der Waals surface area contributed by atoms with Crippen LogP contribution in [-0.2, 0) is 4.79 Å². The van der Waals surface area contributed by atoms with Gasteiger partial charge in [0.05, 0.1) is 12.2 Å². The molecule has 138 valence electrons. The molecule has 0 aromatic heterocycles. The highest BCUT2D eigenvalue weighted by molar-refractivity contribution is 5.92. The molecule has 1 amide bonds. The van der Waals surface area contributed by atoms with Crippen LogP contribution in [0.25, 0.3) is 0 Å². The molecule has 4 nitrogen and oxygen atoms in total. The summed E-state index contributed by atoms with van der Waals surface area (Å²) < 4.78 is 13.9. The second-order valence-corrected chi connectivity index (χ2v) is 7.04. The van der Waals surface area contributed by atoms with Crippen molar-refractivity contribution in [3.8, 4) is 0 Å². The first-order valence-corrected chi connectivity index (χ1v) is 9.14. The average molecular weight is 355 g/mol. The molecule has 3 rings (SSSR count). The fourth-order valence-electron chi connectivity index (χ4n) is 3.21. The SMILES string of the molecule is CC(C)c1ccc(NC(=O)CN2CCN(c3ccccc3F)CC2)cc1. The van der Waals surface area contributed by atoms with Gasteiger partial charge in [0.1, 0.15) is 5.82 Å². The van der Waals surface area contributed by atoms with Gasteiger partial charge in [-0.2, -0.15) is 0 Å². The standard InChI is InChI=1S/C21H26FN3O/c1-16(2)17-7-9-18(10-8-17)23-21(26)15-24-11-13-25(14-12-24)20-6-4-3-5-19(20)22/h3-10,16H,11-15H2,1-2H3,(H,23,26). The molecule has 0 bridgehead atoms. The lowest BCUT2D eigenvalue weighted by Gasteiger charge is -2.35. The number of benzene rings is 2. The Morgan fingerprint density at radius 3 is 2.31 bits per heavy atom. The molecule has 0 saturated carbocycles. The van der Waals surface area contributed by atoms with Gasteiger partial charge in [0.25, 0.3) is 0 Å². The Bertz CT molecular complexity index is 737. The van der Waals surface area contributed by atoms with Crippen molar-refractivity contribution in [3.63, 3.8) is 0 Å². The zero-order valence-corrected chi connectivity index (χ0v) is 15.4.